The molecule has 0 bridgehead atoms. The predicted octanol–water partition coefficient (Wildman–Crippen LogP) is -0.229. The van der Waals surface area contributed by atoms with E-state index in [0.717, 1.165) is 0 Å². The first kappa shape index (κ1) is 3.67. The summed E-state index contributed by atoms with van der Waals surface area (Å²) in [5.41, 5.74) is 0. The molecule has 1 rings (SSSR count). The molecule has 0 spiro atoms. The van der Waals surface area contributed by atoms with Crippen molar-refractivity contribution >= 4 is 12.8 Å². The zero-order chi connectivity index (χ0) is 4.41. The molecule has 0 aliphatic heterocycles. The molecule has 0 fully saturated rings. The van der Waals surface area contributed by atoms with Crippen LogP contribution in [0.25, 0.3) is 0 Å². The highest BCUT2D eigenvalue weighted by atomic mass is 32.1. The molecule has 4 heteroatoms. The minimum atomic E-state index is 1.21. The van der Waals surface area contributed by atoms with Crippen LogP contribution >= 0.6 is 12.8 Å². The normalized spacial score (nSPS) is 8.83. The van der Waals surface area contributed by atoms with Crippen LogP contribution in [0.5, 0.6) is 0 Å². The summed E-state index contributed by atoms with van der Waals surface area (Å²) < 4.78 is 1.21. The first-order valence-corrected chi connectivity index (χ1v) is 1.77. The molecular weight excluding hydrogens is 98.1 g/mol. The van der Waals surface area contributed by atoms with E-state index in [9.17, 15) is 0 Å². The first-order valence-electron chi connectivity index (χ1n) is 1.37. The summed E-state index contributed by atoms with van der Waals surface area (Å²) in [7, 11) is 0. The molecule has 1 heterocycles. The van der Waals surface area contributed by atoms with Gasteiger partial charge >= 0.3 is 0 Å². The highest BCUT2D eigenvalue weighted by Gasteiger charge is 1.74. The van der Waals surface area contributed by atoms with Crippen LogP contribution < -0.4 is 0 Å². The molecule has 0 unspecified atom stereocenters. The van der Waals surface area contributed by atoms with E-state index >= 15 is 0 Å². The third kappa shape index (κ3) is 0.514. The summed E-state index contributed by atoms with van der Waals surface area (Å²) in [4.78, 5) is 0. The lowest BCUT2D eigenvalue weighted by molar-refractivity contribution is 0.894. The number of aromatic nitrogens is 3. The van der Waals surface area contributed by atoms with Crippen LogP contribution in [0.4, 0.5) is 0 Å². The van der Waals surface area contributed by atoms with Gasteiger partial charge in [0.15, 0.2) is 0 Å². The SMILES string of the molecule is Sn1[c]cnn1. The monoisotopic (exact) mass is 100.0 g/mol. The van der Waals surface area contributed by atoms with Gasteiger partial charge in [-0.15, -0.1) is 5.10 Å². The number of thiol groups is 1. The van der Waals surface area contributed by atoms with Gasteiger partial charge in [0.05, 0.1) is 6.20 Å². The van der Waals surface area contributed by atoms with Crippen LogP contribution in [0.1, 0.15) is 0 Å². The second-order valence-corrected chi connectivity index (χ2v) is 1.13. The molecule has 3 nitrogen and oxygen atoms in total. The van der Waals surface area contributed by atoms with Crippen LogP contribution in [0.2, 0.25) is 0 Å². The van der Waals surface area contributed by atoms with E-state index in [2.05, 4.69) is 29.3 Å². The van der Waals surface area contributed by atoms with Crippen molar-refractivity contribution in [3.8, 4) is 0 Å². The van der Waals surface area contributed by atoms with Crippen molar-refractivity contribution in [2.24, 2.45) is 0 Å². The van der Waals surface area contributed by atoms with E-state index in [1.165, 1.54) is 10.3 Å². The fourth-order valence-corrected chi connectivity index (χ4v) is 0.276. The Kier molecular flexibility index (Phi) is 0.795. The smallest absolute Gasteiger partial charge is 0.122 e. The van der Waals surface area contributed by atoms with Crippen molar-refractivity contribution in [1.29, 1.82) is 0 Å². The molecular formula is C2H2N3S. The third-order valence-corrected chi connectivity index (χ3v) is 0.563. The van der Waals surface area contributed by atoms with E-state index in [0.29, 0.717) is 0 Å². The zero-order valence-electron chi connectivity index (χ0n) is 2.87. The average molecular weight is 100 g/mol. The number of hydrogen-bond donors (Lipinski definition) is 1. The fourth-order valence-electron chi connectivity index (χ4n) is 0.178. The summed E-state index contributed by atoms with van der Waals surface area (Å²) in [5.74, 6) is 0. The van der Waals surface area contributed by atoms with E-state index in [-0.39, 0.29) is 0 Å². The minimum absolute atomic E-state index is 1.21. The van der Waals surface area contributed by atoms with E-state index in [1.807, 2.05) is 0 Å². The summed E-state index contributed by atoms with van der Waals surface area (Å²) in [6, 6.07) is 0. The van der Waals surface area contributed by atoms with Gasteiger partial charge in [-0.05, 0) is 12.8 Å². The lowest BCUT2D eigenvalue weighted by Crippen LogP contribution is -1.77. The standard InChI is InChI=1S/C2H2N3S/c6-5-2-1-3-4-5/h1,6H. The van der Waals surface area contributed by atoms with Crippen LogP contribution in [0.3, 0.4) is 0 Å². The Bertz CT molecular complexity index is 112. The highest BCUT2D eigenvalue weighted by molar-refractivity contribution is 7.78. The average Bonchev–Trinajstić information content (AvgIpc) is 1.86. The summed E-state index contributed by atoms with van der Waals surface area (Å²) in [6.07, 6.45) is 4.00. The number of rotatable bonds is 0. The van der Waals surface area contributed by atoms with Gasteiger partial charge in [0.2, 0.25) is 0 Å². The fraction of sp³-hybridized carbons (Fsp3) is 0. The van der Waals surface area contributed by atoms with Gasteiger partial charge in [0.25, 0.3) is 0 Å². The molecule has 0 aliphatic rings. The summed E-state index contributed by atoms with van der Waals surface area (Å²) >= 11 is 3.72. The molecule has 0 saturated carbocycles. The Morgan fingerprint density at radius 3 is 2.83 bits per heavy atom. The van der Waals surface area contributed by atoms with Crippen molar-refractivity contribution < 1.29 is 0 Å². The molecule has 0 atom stereocenters. The molecule has 0 aliphatic carbocycles. The number of nitrogens with zero attached hydrogens (tertiary/aromatic N) is 3. The van der Waals surface area contributed by atoms with Crippen molar-refractivity contribution in [2.45, 2.75) is 0 Å². The molecule has 0 N–H and O–H groups in total. The zero-order valence-corrected chi connectivity index (χ0v) is 3.76. The molecule has 31 valence electrons. The topological polar surface area (TPSA) is 30.7 Å². The Balaban J connectivity index is 3.05. The predicted molar refractivity (Wildman–Crippen MR) is 23.2 cm³/mol. The third-order valence-electron chi connectivity index (χ3n) is 0.367. The largest absolute Gasteiger partial charge is 0.187 e. The Labute approximate surface area is 40.5 Å². The van der Waals surface area contributed by atoms with Gasteiger partial charge < -0.3 is 0 Å². The second-order valence-electron chi connectivity index (χ2n) is 0.753. The first-order chi connectivity index (χ1) is 2.89. The molecule has 1 radical (unpaired) electrons. The van der Waals surface area contributed by atoms with Gasteiger partial charge in [-0.3, -0.25) is 0 Å². The van der Waals surface area contributed by atoms with Crippen LogP contribution in [0, 0.1) is 6.20 Å². The lowest BCUT2D eigenvalue weighted by Gasteiger charge is -1.70. The van der Waals surface area contributed by atoms with Crippen LogP contribution in [-0.4, -0.2) is 14.4 Å². The van der Waals surface area contributed by atoms with Crippen molar-refractivity contribution in [2.75, 3.05) is 0 Å². The van der Waals surface area contributed by atoms with Gasteiger partial charge in [-0.25, -0.2) is 0 Å². The van der Waals surface area contributed by atoms with Crippen LogP contribution in [0.15, 0.2) is 6.20 Å². The van der Waals surface area contributed by atoms with Gasteiger partial charge in [-0.2, -0.15) is 4.09 Å². The maximum absolute atomic E-state index is 3.72. The Morgan fingerprint density at radius 1 is 1.83 bits per heavy atom. The minimum Gasteiger partial charge on any atom is -0.187 e. The molecule has 1 aromatic rings. The van der Waals surface area contributed by atoms with Gasteiger partial charge in [-0.1, -0.05) is 5.21 Å². The maximum atomic E-state index is 3.72. The second kappa shape index (κ2) is 1.30. The summed E-state index contributed by atoms with van der Waals surface area (Å²) in [6.45, 7) is 0. The van der Waals surface area contributed by atoms with Crippen molar-refractivity contribution in [1.82, 2.24) is 14.4 Å². The van der Waals surface area contributed by atoms with E-state index in [4.69, 9.17) is 0 Å². The van der Waals surface area contributed by atoms with E-state index < -0.39 is 0 Å². The quantitative estimate of drug-likeness (QED) is 0.456. The van der Waals surface area contributed by atoms with Crippen molar-refractivity contribution in [3.63, 3.8) is 0 Å². The van der Waals surface area contributed by atoms with Gasteiger partial charge in [0.1, 0.15) is 6.20 Å². The molecule has 1 aromatic heterocycles. The van der Waals surface area contributed by atoms with E-state index in [1.54, 1.807) is 0 Å². The molecule has 0 amide bonds. The molecule has 6 heavy (non-hydrogen) atoms. The Hall–Kier alpha value is -0.510. The van der Waals surface area contributed by atoms with Gasteiger partial charge in [0, 0.05) is 0 Å². The molecule has 0 aromatic carbocycles. The highest BCUT2D eigenvalue weighted by Crippen LogP contribution is 1.75. The summed E-state index contributed by atoms with van der Waals surface area (Å²) in [5, 5.41) is 6.79. The maximum Gasteiger partial charge on any atom is 0.122 e. The lowest BCUT2D eigenvalue weighted by atomic mass is 11.0. The van der Waals surface area contributed by atoms with Crippen molar-refractivity contribution in [3.05, 3.63) is 12.4 Å². The Morgan fingerprint density at radius 2 is 2.67 bits per heavy atom. The molecule has 0 saturated heterocycles. The van der Waals surface area contributed by atoms with Crippen LogP contribution in [-0.2, 0) is 0 Å². The number of hydrogen-bond acceptors (Lipinski definition) is 3.